The average Bonchev–Trinajstić information content (AvgIpc) is 3.12. The van der Waals surface area contributed by atoms with E-state index in [9.17, 15) is 66.1 Å². The van der Waals surface area contributed by atoms with Gasteiger partial charge in [-0.2, -0.15) is 0 Å². The molecule has 4 heterocycles. The smallest absolute Gasteiger partial charge is 0.229 e. The van der Waals surface area contributed by atoms with Gasteiger partial charge in [0, 0.05) is 23.8 Å². The second-order valence-corrected chi connectivity index (χ2v) is 12.9. The number of ether oxygens (including phenoxy) is 6. The van der Waals surface area contributed by atoms with Crippen LogP contribution in [0.3, 0.4) is 0 Å². The number of benzene rings is 2. The van der Waals surface area contributed by atoms with Crippen LogP contribution in [0.25, 0.3) is 22.3 Å². The fourth-order valence-corrected chi connectivity index (χ4v) is 6.22. The summed E-state index contributed by atoms with van der Waals surface area (Å²) in [5, 5.41) is 123. The quantitative estimate of drug-likeness (QED) is 0.0992. The van der Waals surface area contributed by atoms with Gasteiger partial charge >= 0.3 is 0 Å². The van der Waals surface area contributed by atoms with E-state index < -0.39 is 122 Å². The second kappa shape index (κ2) is 15.6. The van der Waals surface area contributed by atoms with Crippen molar-refractivity contribution < 1.29 is 94.1 Å². The molecule has 3 aromatic rings. The van der Waals surface area contributed by atoms with Crippen molar-refractivity contribution in [1.82, 2.24) is 0 Å². The molecule has 15 atom stereocenters. The third-order valence-electron chi connectivity index (χ3n) is 9.29. The lowest BCUT2D eigenvalue weighted by atomic mass is 9.97. The molecular weight excluding hydrogens is 716 g/mol. The summed E-state index contributed by atoms with van der Waals surface area (Å²) in [4.78, 5) is 13.1. The Balaban J connectivity index is 1.26. The molecule has 0 radical (unpaired) electrons. The molecule has 1 aromatic heterocycles. The van der Waals surface area contributed by atoms with Crippen LogP contribution in [0.1, 0.15) is 6.92 Å². The van der Waals surface area contributed by atoms with E-state index in [1.54, 1.807) is 0 Å². The second-order valence-electron chi connectivity index (χ2n) is 12.9. The van der Waals surface area contributed by atoms with Gasteiger partial charge in [-0.15, -0.1) is 0 Å². The summed E-state index contributed by atoms with van der Waals surface area (Å²) in [5.74, 6) is -1.77. The van der Waals surface area contributed by atoms with Gasteiger partial charge in [0.25, 0.3) is 0 Å². The number of phenols is 2. The van der Waals surface area contributed by atoms with Crippen molar-refractivity contribution in [2.45, 2.75) is 99.0 Å². The normalized spacial score (nSPS) is 37.8. The highest BCUT2D eigenvalue weighted by atomic mass is 16.8. The zero-order valence-electron chi connectivity index (χ0n) is 27.7. The van der Waals surface area contributed by atoms with E-state index in [2.05, 4.69) is 0 Å². The molecule has 0 amide bonds. The molecule has 20 nitrogen and oxygen atoms in total. The number of phenolic OH excluding ortho intramolecular Hbond substituents is 2. The number of hydrogen-bond donors (Lipinski definition) is 12. The minimum atomic E-state index is -1.83. The SMILES string of the molecule is CC1O[C@@H](OC2[C@H](Oc3cc(O)c4c(=O)cc(-c5ccc(O[C@@H]6O[C@@H](CO)[C@@H](O)C(O)C6O)c(O)c5)oc4c3)OC(CO)[C@@H](O)[C@@H]2O)C(O)[C@@H](O)[C@H]1O. The maximum Gasteiger partial charge on any atom is 0.229 e. The summed E-state index contributed by atoms with van der Waals surface area (Å²) in [6, 6.07) is 6.89. The number of fused-ring (bicyclic) bond motifs is 1. The molecule has 6 unspecified atom stereocenters. The molecule has 3 aliphatic rings. The summed E-state index contributed by atoms with van der Waals surface area (Å²) >= 11 is 0. The monoisotopic (exact) mass is 756 g/mol. The largest absolute Gasteiger partial charge is 0.507 e. The van der Waals surface area contributed by atoms with Gasteiger partial charge < -0.3 is 94.1 Å². The minimum absolute atomic E-state index is 0.119. The molecule has 6 rings (SSSR count). The fourth-order valence-electron chi connectivity index (χ4n) is 6.22. The van der Waals surface area contributed by atoms with E-state index in [0.717, 1.165) is 24.3 Å². The van der Waals surface area contributed by atoms with Gasteiger partial charge in [-0.1, -0.05) is 0 Å². The zero-order chi connectivity index (χ0) is 38.5. The fraction of sp³-hybridized carbons (Fsp3) is 0.545. The Bertz CT molecular complexity index is 1800. The Morgan fingerprint density at radius 2 is 1.26 bits per heavy atom. The molecule has 3 aliphatic heterocycles. The predicted octanol–water partition coefficient (Wildman–Crippen LogP) is -3.92. The first-order valence-electron chi connectivity index (χ1n) is 16.4. The molecule has 12 N–H and O–H groups in total. The number of rotatable bonds is 9. The summed E-state index contributed by atoms with van der Waals surface area (Å²) < 4.78 is 39.3. The van der Waals surface area contributed by atoms with Crippen molar-refractivity contribution in [1.29, 1.82) is 0 Å². The lowest BCUT2D eigenvalue weighted by Crippen LogP contribution is -2.64. The molecule has 3 saturated heterocycles. The molecule has 53 heavy (non-hydrogen) atoms. The molecule has 0 bridgehead atoms. The van der Waals surface area contributed by atoms with Crippen LogP contribution in [-0.4, -0.2) is 167 Å². The van der Waals surface area contributed by atoms with Crippen molar-refractivity contribution in [3.63, 3.8) is 0 Å². The maximum atomic E-state index is 13.1. The first-order valence-corrected chi connectivity index (χ1v) is 16.4. The predicted molar refractivity (Wildman–Crippen MR) is 171 cm³/mol. The van der Waals surface area contributed by atoms with Crippen LogP contribution in [0, 0.1) is 0 Å². The molecule has 0 saturated carbocycles. The van der Waals surface area contributed by atoms with E-state index in [1.165, 1.54) is 19.1 Å². The lowest BCUT2D eigenvalue weighted by molar-refractivity contribution is -0.354. The van der Waals surface area contributed by atoms with Gasteiger partial charge in [-0.05, 0) is 25.1 Å². The minimum Gasteiger partial charge on any atom is -0.507 e. The standard InChI is InChI=1S/C33H40O20/c1-10-22(39)25(42)28(45)31(47-10)53-30-27(44)24(41)20(9-35)52-33(30)48-12-5-14(37)21-15(38)7-17(49-18(21)6-12)11-2-3-16(13(36)4-11)50-32-29(46)26(43)23(40)19(8-34)51-32/h2-7,10,19-20,22-37,39-46H,8-9H2,1H3/t10?,19-,20?,22-,23+,24+,25-,26?,27-,28?,29?,30?,31-,32+,33+/m0/s1. The highest BCUT2D eigenvalue weighted by Crippen LogP contribution is 2.37. The third-order valence-corrected chi connectivity index (χ3v) is 9.29. The molecule has 2 aromatic carbocycles. The Morgan fingerprint density at radius 1 is 0.642 bits per heavy atom. The molecule has 20 heteroatoms. The highest BCUT2D eigenvalue weighted by Gasteiger charge is 2.51. The first-order chi connectivity index (χ1) is 25.1. The van der Waals surface area contributed by atoms with Crippen LogP contribution in [-0.2, 0) is 18.9 Å². The number of aromatic hydroxyl groups is 2. The first kappa shape index (κ1) is 39.0. The van der Waals surface area contributed by atoms with Gasteiger partial charge in [-0.25, -0.2) is 0 Å². The number of aliphatic hydroxyl groups excluding tert-OH is 10. The third kappa shape index (κ3) is 7.52. The molecule has 0 spiro atoms. The molecule has 0 aliphatic carbocycles. The van der Waals surface area contributed by atoms with E-state index in [4.69, 9.17) is 32.8 Å². The number of hydrogen-bond acceptors (Lipinski definition) is 20. The Hall–Kier alpha value is -3.71. The van der Waals surface area contributed by atoms with Crippen LogP contribution in [0.4, 0.5) is 0 Å². The zero-order valence-corrected chi connectivity index (χ0v) is 27.7. The van der Waals surface area contributed by atoms with Gasteiger partial charge in [0.1, 0.15) is 89.3 Å². The van der Waals surface area contributed by atoms with Gasteiger partial charge in [-0.3, -0.25) is 4.79 Å². The van der Waals surface area contributed by atoms with Crippen LogP contribution in [0.15, 0.2) is 45.6 Å². The van der Waals surface area contributed by atoms with Gasteiger partial charge in [0.05, 0.1) is 19.3 Å². The van der Waals surface area contributed by atoms with Crippen LogP contribution >= 0.6 is 0 Å². The van der Waals surface area contributed by atoms with Crippen molar-refractivity contribution in [3.8, 4) is 34.3 Å². The van der Waals surface area contributed by atoms with E-state index in [0.29, 0.717) is 0 Å². The highest BCUT2D eigenvalue weighted by molar-refractivity contribution is 5.86. The summed E-state index contributed by atoms with van der Waals surface area (Å²) in [7, 11) is 0. The summed E-state index contributed by atoms with van der Waals surface area (Å²) in [6.07, 6.45) is -24.0. The average molecular weight is 757 g/mol. The topological polar surface area (TPSA) is 328 Å². The Kier molecular flexibility index (Phi) is 11.5. The molecule has 292 valence electrons. The van der Waals surface area contributed by atoms with E-state index >= 15 is 0 Å². The van der Waals surface area contributed by atoms with Crippen LogP contribution in [0.5, 0.6) is 23.0 Å². The van der Waals surface area contributed by atoms with Crippen molar-refractivity contribution in [2.75, 3.05) is 13.2 Å². The van der Waals surface area contributed by atoms with Crippen molar-refractivity contribution in [2.24, 2.45) is 0 Å². The number of aliphatic hydroxyl groups is 10. The molecule has 3 fully saturated rings. The lowest BCUT2D eigenvalue weighted by Gasteiger charge is -2.45. The van der Waals surface area contributed by atoms with Gasteiger partial charge in [0.15, 0.2) is 29.3 Å². The summed E-state index contributed by atoms with van der Waals surface area (Å²) in [6.45, 7) is -0.0943. The van der Waals surface area contributed by atoms with E-state index in [1.807, 2.05) is 0 Å². The molecular formula is C33H40O20. The Morgan fingerprint density at radius 3 is 1.92 bits per heavy atom. The van der Waals surface area contributed by atoms with Crippen LogP contribution in [0.2, 0.25) is 0 Å². The van der Waals surface area contributed by atoms with Crippen molar-refractivity contribution in [3.05, 3.63) is 46.6 Å². The van der Waals surface area contributed by atoms with E-state index in [-0.39, 0.29) is 33.8 Å². The maximum absolute atomic E-state index is 13.1. The van der Waals surface area contributed by atoms with Gasteiger partial charge in [0.2, 0.25) is 12.6 Å². The van der Waals surface area contributed by atoms with Crippen LogP contribution < -0.4 is 14.9 Å². The van der Waals surface area contributed by atoms with Crippen molar-refractivity contribution >= 4 is 11.0 Å². The Labute approximate surface area is 298 Å². The summed E-state index contributed by atoms with van der Waals surface area (Å²) in [5.41, 5.74) is -0.847.